The summed E-state index contributed by atoms with van der Waals surface area (Å²) in [5, 5.41) is 3.13. The Hall–Kier alpha value is -3.36. The number of carbonyl (C=O) groups excluding carboxylic acids is 2. The SMILES string of the molecule is COc1ccc(NC(=O)[C@@H]2CC(=O)N(Cc3ccc(Cl)cc3)C(=Nc3ccc(F)cc3)S2)cc1. The van der Waals surface area contributed by atoms with Gasteiger partial charge in [-0.3, -0.25) is 14.5 Å². The molecule has 1 N–H and O–H groups in total. The summed E-state index contributed by atoms with van der Waals surface area (Å²) in [5.41, 5.74) is 1.94. The van der Waals surface area contributed by atoms with Crippen LogP contribution in [0.15, 0.2) is 77.8 Å². The van der Waals surface area contributed by atoms with Crippen molar-refractivity contribution < 1.29 is 18.7 Å². The smallest absolute Gasteiger partial charge is 0.238 e. The highest BCUT2D eigenvalue weighted by molar-refractivity contribution is 8.15. The summed E-state index contributed by atoms with van der Waals surface area (Å²) in [6, 6.07) is 19.7. The van der Waals surface area contributed by atoms with Crippen molar-refractivity contribution in [1.82, 2.24) is 4.90 Å². The molecule has 1 heterocycles. The molecule has 0 unspecified atom stereocenters. The van der Waals surface area contributed by atoms with E-state index < -0.39 is 5.25 Å². The molecular weight excluding hydrogens is 477 g/mol. The van der Waals surface area contributed by atoms with Crippen LogP contribution in [0.2, 0.25) is 5.02 Å². The number of anilines is 1. The van der Waals surface area contributed by atoms with Gasteiger partial charge in [0.1, 0.15) is 16.8 Å². The van der Waals surface area contributed by atoms with E-state index in [2.05, 4.69) is 10.3 Å². The summed E-state index contributed by atoms with van der Waals surface area (Å²) < 4.78 is 18.5. The summed E-state index contributed by atoms with van der Waals surface area (Å²) in [6.07, 6.45) is 0.0165. The highest BCUT2D eigenvalue weighted by Gasteiger charge is 2.36. The molecule has 3 aromatic rings. The summed E-state index contributed by atoms with van der Waals surface area (Å²) in [5.74, 6) is -0.247. The van der Waals surface area contributed by atoms with Crippen molar-refractivity contribution in [2.45, 2.75) is 18.2 Å². The number of hydrogen-bond acceptors (Lipinski definition) is 5. The number of amidine groups is 1. The molecule has 0 aromatic heterocycles. The molecule has 0 radical (unpaired) electrons. The third kappa shape index (κ3) is 5.95. The van der Waals surface area contributed by atoms with E-state index in [1.807, 2.05) is 12.1 Å². The molecule has 1 aliphatic rings. The van der Waals surface area contributed by atoms with E-state index in [1.54, 1.807) is 43.5 Å². The van der Waals surface area contributed by atoms with Gasteiger partial charge in [0.05, 0.1) is 19.3 Å². The molecule has 3 aromatic carbocycles. The number of thioether (sulfide) groups is 1. The maximum absolute atomic E-state index is 13.4. The lowest BCUT2D eigenvalue weighted by molar-refractivity contribution is -0.129. The second-order valence-corrected chi connectivity index (χ2v) is 9.11. The third-order valence-electron chi connectivity index (χ3n) is 5.09. The van der Waals surface area contributed by atoms with E-state index >= 15 is 0 Å². The Morgan fingerprint density at radius 3 is 2.44 bits per heavy atom. The quantitative estimate of drug-likeness (QED) is 0.478. The van der Waals surface area contributed by atoms with Gasteiger partial charge in [0.15, 0.2) is 5.17 Å². The van der Waals surface area contributed by atoms with Crippen LogP contribution in [0.25, 0.3) is 0 Å². The van der Waals surface area contributed by atoms with Crippen LogP contribution in [0.4, 0.5) is 15.8 Å². The molecule has 9 heteroatoms. The summed E-state index contributed by atoms with van der Waals surface area (Å²) in [4.78, 5) is 32.2. The normalized spacial score (nSPS) is 17.0. The number of methoxy groups -OCH3 is 1. The molecule has 0 bridgehead atoms. The van der Waals surface area contributed by atoms with Crippen LogP contribution in [-0.2, 0) is 16.1 Å². The van der Waals surface area contributed by atoms with Gasteiger partial charge >= 0.3 is 0 Å². The van der Waals surface area contributed by atoms with Crippen molar-refractivity contribution in [3.63, 3.8) is 0 Å². The minimum absolute atomic E-state index is 0.0165. The van der Waals surface area contributed by atoms with E-state index in [0.717, 1.165) is 5.56 Å². The van der Waals surface area contributed by atoms with Gasteiger partial charge in [0.2, 0.25) is 11.8 Å². The zero-order valence-corrected chi connectivity index (χ0v) is 19.8. The minimum atomic E-state index is -0.671. The van der Waals surface area contributed by atoms with Crippen LogP contribution >= 0.6 is 23.4 Å². The Labute approximate surface area is 205 Å². The van der Waals surface area contributed by atoms with E-state index in [-0.39, 0.29) is 30.6 Å². The molecule has 1 fully saturated rings. The number of benzene rings is 3. The van der Waals surface area contributed by atoms with E-state index in [4.69, 9.17) is 16.3 Å². The summed E-state index contributed by atoms with van der Waals surface area (Å²) in [6.45, 7) is 0.274. The fraction of sp³-hybridized carbons (Fsp3) is 0.160. The first kappa shape index (κ1) is 23.8. The second-order valence-electron chi connectivity index (χ2n) is 7.51. The van der Waals surface area contributed by atoms with Crippen LogP contribution < -0.4 is 10.1 Å². The predicted octanol–water partition coefficient (Wildman–Crippen LogP) is 5.65. The lowest BCUT2D eigenvalue weighted by Gasteiger charge is -2.32. The van der Waals surface area contributed by atoms with Crippen molar-refractivity contribution in [3.8, 4) is 5.75 Å². The standard InChI is InChI=1S/C25H21ClFN3O3S/c1-33-21-12-10-19(11-13-21)28-24(32)22-14-23(31)30(15-16-2-4-17(26)5-3-16)25(34-22)29-20-8-6-18(27)7-9-20/h2-13,22H,14-15H2,1H3,(H,28,32)/t22-/m0/s1. The van der Waals surface area contributed by atoms with E-state index in [1.165, 1.54) is 40.9 Å². The maximum atomic E-state index is 13.4. The first-order valence-electron chi connectivity index (χ1n) is 10.4. The number of halogens is 2. The van der Waals surface area contributed by atoms with Crippen LogP contribution in [0.1, 0.15) is 12.0 Å². The first-order valence-corrected chi connectivity index (χ1v) is 11.7. The molecule has 174 valence electrons. The molecule has 1 aliphatic heterocycles. The molecule has 4 rings (SSSR count). The number of nitrogens with one attached hydrogen (secondary N) is 1. The van der Waals surface area contributed by atoms with Crippen molar-refractivity contribution in [2.75, 3.05) is 12.4 Å². The average molecular weight is 498 g/mol. The van der Waals surface area contributed by atoms with Gasteiger partial charge in [-0.15, -0.1) is 0 Å². The van der Waals surface area contributed by atoms with Crippen molar-refractivity contribution in [3.05, 3.63) is 89.2 Å². The molecule has 0 spiro atoms. The van der Waals surface area contributed by atoms with E-state index in [0.29, 0.717) is 27.3 Å². The Morgan fingerprint density at radius 1 is 1.12 bits per heavy atom. The van der Waals surface area contributed by atoms with E-state index in [9.17, 15) is 14.0 Å². The fourth-order valence-electron chi connectivity index (χ4n) is 3.29. The lowest BCUT2D eigenvalue weighted by atomic mass is 10.2. The van der Waals surface area contributed by atoms with Gasteiger partial charge in [-0.2, -0.15) is 0 Å². The molecule has 34 heavy (non-hydrogen) atoms. The number of rotatable bonds is 6. The summed E-state index contributed by atoms with van der Waals surface area (Å²) in [7, 11) is 1.57. The van der Waals surface area contributed by atoms with Crippen LogP contribution in [-0.4, -0.2) is 34.2 Å². The number of hydrogen-bond donors (Lipinski definition) is 1. The fourth-order valence-corrected chi connectivity index (χ4v) is 4.52. The lowest BCUT2D eigenvalue weighted by Crippen LogP contribution is -2.44. The van der Waals surface area contributed by atoms with Crippen molar-refractivity contribution in [2.24, 2.45) is 4.99 Å². The van der Waals surface area contributed by atoms with Gasteiger partial charge in [-0.25, -0.2) is 9.38 Å². The Balaban J connectivity index is 1.57. The number of ether oxygens (including phenoxy) is 1. The Morgan fingerprint density at radius 2 is 1.79 bits per heavy atom. The summed E-state index contributed by atoms with van der Waals surface area (Å²) >= 11 is 7.18. The van der Waals surface area contributed by atoms with Crippen molar-refractivity contribution >= 4 is 51.7 Å². The number of amides is 2. The van der Waals surface area contributed by atoms with Crippen molar-refractivity contribution in [1.29, 1.82) is 0 Å². The highest BCUT2D eigenvalue weighted by Crippen LogP contribution is 2.31. The predicted molar refractivity (Wildman–Crippen MR) is 133 cm³/mol. The van der Waals surface area contributed by atoms with Crippen LogP contribution in [0.5, 0.6) is 5.75 Å². The number of carbonyl (C=O) groups is 2. The molecule has 0 aliphatic carbocycles. The van der Waals surface area contributed by atoms with Gasteiger partial charge in [-0.1, -0.05) is 35.5 Å². The molecule has 2 amide bonds. The van der Waals surface area contributed by atoms with Gasteiger partial charge < -0.3 is 10.1 Å². The first-order chi connectivity index (χ1) is 16.4. The zero-order valence-electron chi connectivity index (χ0n) is 18.2. The molecule has 1 atom stereocenters. The maximum Gasteiger partial charge on any atom is 0.238 e. The van der Waals surface area contributed by atoms with Gasteiger partial charge in [-0.05, 0) is 66.2 Å². The highest BCUT2D eigenvalue weighted by atomic mass is 35.5. The zero-order chi connectivity index (χ0) is 24.1. The molecular formula is C25H21ClFN3O3S. The Bertz CT molecular complexity index is 1200. The largest absolute Gasteiger partial charge is 0.497 e. The monoisotopic (exact) mass is 497 g/mol. The topological polar surface area (TPSA) is 71.0 Å². The number of nitrogens with zero attached hydrogens (tertiary/aromatic N) is 2. The molecule has 6 nitrogen and oxygen atoms in total. The van der Waals surface area contributed by atoms with Crippen LogP contribution in [0, 0.1) is 5.82 Å². The Kier molecular flexibility index (Phi) is 7.49. The van der Waals surface area contributed by atoms with Gasteiger partial charge in [0, 0.05) is 17.1 Å². The second kappa shape index (κ2) is 10.7. The molecule has 0 saturated carbocycles. The average Bonchev–Trinajstić information content (AvgIpc) is 2.84. The minimum Gasteiger partial charge on any atom is -0.497 e. The number of aliphatic imine (C=N–C) groups is 1. The third-order valence-corrected chi connectivity index (χ3v) is 6.53. The van der Waals surface area contributed by atoms with Crippen LogP contribution in [0.3, 0.4) is 0 Å². The van der Waals surface area contributed by atoms with Gasteiger partial charge in [0.25, 0.3) is 0 Å². The molecule has 1 saturated heterocycles.